The average Bonchev–Trinajstić information content (AvgIpc) is 2.48. The largest absolute Gasteiger partial charge is 0.493 e. The van der Waals surface area contributed by atoms with Crippen molar-refractivity contribution in [3.8, 4) is 5.75 Å². The third kappa shape index (κ3) is 5.56. The first kappa shape index (κ1) is 17.8. The number of ether oxygens (including phenoxy) is 1. The van der Waals surface area contributed by atoms with Crippen LogP contribution >= 0.6 is 12.4 Å². The van der Waals surface area contributed by atoms with Gasteiger partial charge < -0.3 is 15.0 Å². The summed E-state index contributed by atoms with van der Waals surface area (Å²) in [4.78, 5) is 13.9. The summed E-state index contributed by atoms with van der Waals surface area (Å²) in [7, 11) is 0. The molecule has 0 radical (unpaired) electrons. The second-order valence-corrected chi connectivity index (χ2v) is 5.45. The van der Waals surface area contributed by atoms with Crippen LogP contribution in [-0.2, 0) is 4.79 Å². The third-order valence-corrected chi connectivity index (χ3v) is 3.60. The summed E-state index contributed by atoms with van der Waals surface area (Å²) in [6.07, 6.45) is 0.450. The smallest absolute Gasteiger partial charge is 0.226 e. The lowest BCUT2D eigenvalue weighted by molar-refractivity contribution is -0.132. The Morgan fingerprint density at radius 2 is 1.86 bits per heavy atom. The predicted octanol–water partition coefficient (Wildman–Crippen LogP) is 2.43. The fourth-order valence-electron chi connectivity index (χ4n) is 2.28. The standard InChI is InChI=1S/C16H24N2O2.ClH/c1-13(2)14-3-5-15(6-4-14)20-12-7-16(19)18-10-8-17-9-11-18;/h3-6,13,17H,7-12H2,1-2H3;1H. The normalized spacial score (nSPS) is 14.7. The van der Waals surface area contributed by atoms with E-state index in [1.807, 2.05) is 17.0 Å². The lowest BCUT2D eigenvalue weighted by Crippen LogP contribution is -2.46. The molecule has 1 heterocycles. The maximum Gasteiger partial charge on any atom is 0.226 e. The number of nitrogens with zero attached hydrogens (tertiary/aromatic N) is 1. The molecule has 1 aliphatic rings. The van der Waals surface area contributed by atoms with Gasteiger partial charge in [-0.15, -0.1) is 12.4 Å². The SMILES string of the molecule is CC(C)c1ccc(OCCC(=O)N2CCNCC2)cc1.Cl. The summed E-state index contributed by atoms with van der Waals surface area (Å²) in [5.41, 5.74) is 1.30. The Morgan fingerprint density at radius 3 is 2.43 bits per heavy atom. The first-order chi connectivity index (χ1) is 9.66. The number of carbonyl (C=O) groups is 1. The van der Waals surface area contributed by atoms with E-state index in [0.717, 1.165) is 31.9 Å². The number of halogens is 1. The molecule has 0 spiro atoms. The van der Waals surface area contributed by atoms with Crippen LogP contribution in [0.5, 0.6) is 5.75 Å². The van der Waals surface area contributed by atoms with Gasteiger partial charge in [0.05, 0.1) is 13.0 Å². The van der Waals surface area contributed by atoms with Gasteiger partial charge in [0.15, 0.2) is 0 Å². The number of benzene rings is 1. The summed E-state index contributed by atoms with van der Waals surface area (Å²) >= 11 is 0. The first-order valence-corrected chi connectivity index (χ1v) is 7.38. The average molecular weight is 313 g/mol. The maximum atomic E-state index is 11.9. The molecule has 1 aliphatic heterocycles. The monoisotopic (exact) mass is 312 g/mol. The van der Waals surface area contributed by atoms with Crippen LogP contribution in [0.15, 0.2) is 24.3 Å². The molecular formula is C16H25ClN2O2. The summed E-state index contributed by atoms with van der Waals surface area (Å²) in [5.74, 6) is 1.55. The topological polar surface area (TPSA) is 41.6 Å². The van der Waals surface area contributed by atoms with Crippen molar-refractivity contribution in [3.05, 3.63) is 29.8 Å². The van der Waals surface area contributed by atoms with Gasteiger partial charge in [0, 0.05) is 26.2 Å². The van der Waals surface area contributed by atoms with Crippen LogP contribution < -0.4 is 10.1 Å². The fourth-order valence-corrected chi connectivity index (χ4v) is 2.28. The molecule has 118 valence electrons. The second-order valence-electron chi connectivity index (χ2n) is 5.45. The molecule has 1 aromatic carbocycles. The van der Waals surface area contributed by atoms with E-state index < -0.39 is 0 Å². The highest BCUT2D eigenvalue weighted by atomic mass is 35.5. The molecule has 5 heteroatoms. The lowest BCUT2D eigenvalue weighted by Gasteiger charge is -2.27. The summed E-state index contributed by atoms with van der Waals surface area (Å²) in [6.45, 7) is 8.18. The zero-order chi connectivity index (χ0) is 14.4. The Balaban J connectivity index is 0.00000220. The fraction of sp³-hybridized carbons (Fsp3) is 0.562. The molecule has 0 aromatic heterocycles. The van der Waals surface area contributed by atoms with Crippen molar-refractivity contribution in [3.63, 3.8) is 0 Å². The molecule has 0 atom stereocenters. The van der Waals surface area contributed by atoms with Gasteiger partial charge in [-0.25, -0.2) is 0 Å². The molecule has 1 fully saturated rings. The van der Waals surface area contributed by atoms with E-state index in [-0.39, 0.29) is 18.3 Å². The number of carbonyl (C=O) groups excluding carboxylic acids is 1. The highest BCUT2D eigenvalue weighted by molar-refractivity contribution is 5.85. The van der Waals surface area contributed by atoms with Gasteiger partial charge in [-0.3, -0.25) is 4.79 Å². The first-order valence-electron chi connectivity index (χ1n) is 7.38. The quantitative estimate of drug-likeness (QED) is 0.908. The number of rotatable bonds is 5. The van der Waals surface area contributed by atoms with E-state index in [9.17, 15) is 4.79 Å². The Hall–Kier alpha value is -1.26. The molecule has 0 bridgehead atoms. The zero-order valence-electron chi connectivity index (χ0n) is 12.8. The van der Waals surface area contributed by atoms with Crippen molar-refractivity contribution < 1.29 is 9.53 Å². The van der Waals surface area contributed by atoms with Crippen LogP contribution in [0, 0.1) is 0 Å². The minimum absolute atomic E-state index is 0. The molecule has 1 aromatic rings. The van der Waals surface area contributed by atoms with Crippen molar-refractivity contribution in [2.24, 2.45) is 0 Å². The van der Waals surface area contributed by atoms with Crippen molar-refractivity contribution in [1.29, 1.82) is 0 Å². The molecule has 0 aliphatic carbocycles. The van der Waals surface area contributed by atoms with Crippen molar-refractivity contribution in [1.82, 2.24) is 10.2 Å². The molecule has 1 saturated heterocycles. The molecular weight excluding hydrogens is 288 g/mol. The number of hydrogen-bond acceptors (Lipinski definition) is 3. The van der Waals surface area contributed by atoms with Crippen LogP contribution in [0.25, 0.3) is 0 Å². The Bertz CT molecular complexity index is 428. The van der Waals surface area contributed by atoms with Gasteiger partial charge >= 0.3 is 0 Å². The number of hydrogen-bond donors (Lipinski definition) is 1. The van der Waals surface area contributed by atoms with E-state index in [1.54, 1.807) is 0 Å². The summed E-state index contributed by atoms with van der Waals surface area (Å²) < 4.78 is 5.64. The van der Waals surface area contributed by atoms with Gasteiger partial charge in [-0.2, -0.15) is 0 Å². The highest BCUT2D eigenvalue weighted by Crippen LogP contribution is 2.18. The third-order valence-electron chi connectivity index (χ3n) is 3.60. The lowest BCUT2D eigenvalue weighted by atomic mass is 10.0. The Kier molecular flexibility index (Phi) is 7.54. The van der Waals surface area contributed by atoms with Crippen LogP contribution in [0.1, 0.15) is 31.7 Å². The van der Waals surface area contributed by atoms with Crippen LogP contribution in [0.3, 0.4) is 0 Å². The summed E-state index contributed by atoms with van der Waals surface area (Å²) in [5, 5.41) is 3.24. The van der Waals surface area contributed by atoms with Gasteiger partial charge in [0.1, 0.15) is 5.75 Å². The molecule has 21 heavy (non-hydrogen) atoms. The molecule has 0 saturated carbocycles. The van der Waals surface area contributed by atoms with Crippen molar-refractivity contribution >= 4 is 18.3 Å². The van der Waals surface area contributed by atoms with Gasteiger partial charge in [-0.1, -0.05) is 26.0 Å². The van der Waals surface area contributed by atoms with Crippen LogP contribution in [-0.4, -0.2) is 43.6 Å². The van der Waals surface area contributed by atoms with E-state index in [2.05, 4.69) is 31.3 Å². The zero-order valence-corrected chi connectivity index (χ0v) is 13.6. The van der Waals surface area contributed by atoms with E-state index in [4.69, 9.17) is 4.74 Å². The Morgan fingerprint density at radius 1 is 1.24 bits per heavy atom. The minimum Gasteiger partial charge on any atom is -0.493 e. The number of amides is 1. The van der Waals surface area contributed by atoms with Gasteiger partial charge in [0.25, 0.3) is 0 Å². The van der Waals surface area contributed by atoms with Gasteiger partial charge in [-0.05, 0) is 23.6 Å². The number of piperazine rings is 1. The van der Waals surface area contributed by atoms with Crippen molar-refractivity contribution in [2.75, 3.05) is 32.8 Å². The Labute approximate surface area is 133 Å². The van der Waals surface area contributed by atoms with E-state index in [1.165, 1.54) is 5.56 Å². The van der Waals surface area contributed by atoms with Crippen LogP contribution in [0.2, 0.25) is 0 Å². The van der Waals surface area contributed by atoms with E-state index in [0.29, 0.717) is 18.9 Å². The molecule has 1 amide bonds. The second kappa shape index (κ2) is 8.90. The molecule has 1 N–H and O–H groups in total. The number of nitrogens with one attached hydrogen (secondary N) is 1. The van der Waals surface area contributed by atoms with Crippen molar-refractivity contribution in [2.45, 2.75) is 26.2 Å². The predicted molar refractivity (Wildman–Crippen MR) is 87.3 cm³/mol. The van der Waals surface area contributed by atoms with Crippen LogP contribution in [0.4, 0.5) is 0 Å². The highest BCUT2D eigenvalue weighted by Gasteiger charge is 2.15. The maximum absolute atomic E-state index is 11.9. The molecule has 0 unspecified atom stereocenters. The van der Waals surface area contributed by atoms with E-state index >= 15 is 0 Å². The minimum atomic E-state index is 0. The van der Waals surface area contributed by atoms with Gasteiger partial charge in [0.2, 0.25) is 5.91 Å². The molecule has 4 nitrogen and oxygen atoms in total. The summed E-state index contributed by atoms with van der Waals surface area (Å²) in [6, 6.07) is 8.12. The molecule has 2 rings (SSSR count).